The molecule has 3 saturated carbocycles. The van der Waals surface area contributed by atoms with Crippen LogP contribution in [-0.2, 0) is 29.3 Å². The summed E-state index contributed by atoms with van der Waals surface area (Å²) in [7, 11) is 4.26. The fraction of sp³-hybridized carbons (Fsp3) is 0.675. The predicted molar refractivity (Wildman–Crippen MR) is 192 cm³/mol. The minimum absolute atomic E-state index is 0.0300. The van der Waals surface area contributed by atoms with E-state index in [0.717, 1.165) is 50.0 Å². The van der Waals surface area contributed by atoms with Gasteiger partial charge in [0.15, 0.2) is 0 Å². The standard InChI is InChI=1S/C40H62N4O4/c1-9-34-37(25-45)48-44(38(34)39(47)41-36-20-31-19-35(27(36)4)40(31,5)6)23-29-13-10-12-28(17-29)21-43(22-30-14-11-15-33(46)18-30)32(16-26(2)3)24-42(7)8/h10-15,17-18,26-27,31-32,34-38,45-46H,9,16,19-25H2,1-8H3,(H,41,47)/t27-,31+,32-,34+,35-,36-,37-,38-/m0/s1. The number of hydroxylamine groups is 2. The molecule has 6 rings (SSSR count). The van der Waals surface area contributed by atoms with Crippen molar-refractivity contribution >= 4 is 5.91 Å². The number of aromatic hydroxyl groups is 1. The van der Waals surface area contributed by atoms with E-state index in [9.17, 15) is 15.0 Å². The predicted octanol–water partition coefficient (Wildman–Crippen LogP) is 6.06. The Morgan fingerprint density at radius 3 is 2.31 bits per heavy atom. The third-order valence-electron chi connectivity index (χ3n) is 11.9. The van der Waals surface area contributed by atoms with E-state index in [2.05, 4.69) is 101 Å². The van der Waals surface area contributed by atoms with Crippen LogP contribution in [-0.4, -0.2) is 82.5 Å². The Balaban J connectivity index is 1.34. The number of phenols is 1. The summed E-state index contributed by atoms with van der Waals surface area (Å²) in [6.07, 6.45) is 3.74. The zero-order valence-corrected chi connectivity index (χ0v) is 30.7. The number of carbonyl (C=O) groups excluding carboxylic acids is 1. The Kier molecular flexibility index (Phi) is 11.9. The van der Waals surface area contributed by atoms with Crippen LogP contribution >= 0.6 is 0 Å². The van der Waals surface area contributed by atoms with Crippen LogP contribution in [0.1, 0.15) is 83.9 Å². The molecule has 3 aliphatic carbocycles. The molecule has 2 aromatic carbocycles. The molecule has 1 heterocycles. The number of phenolic OH excluding ortho intramolecular Hbond substituents is 1. The van der Waals surface area contributed by atoms with E-state index in [4.69, 9.17) is 4.84 Å². The lowest BCUT2D eigenvalue weighted by atomic mass is 9.45. The van der Waals surface area contributed by atoms with Gasteiger partial charge in [-0.3, -0.25) is 14.5 Å². The maximum atomic E-state index is 14.1. The van der Waals surface area contributed by atoms with Crippen LogP contribution in [0.5, 0.6) is 5.75 Å². The molecule has 1 saturated heterocycles. The van der Waals surface area contributed by atoms with Gasteiger partial charge in [-0.2, -0.15) is 5.06 Å². The summed E-state index contributed by atoms with van der Waals surface area (Å²) in [5.74, 6) is 2.55. The Morgan fingerprint density at radius 1 is 1.06 bits per heavy atom. The smallest absolute Gasteiger partial charge is 0.240 e. The molecule has 0 unspecified atom stereocenters. The zero-order chi connectivity index (χ0) is 34.7. The van der Waals surface area contributed by atoms with Crippen LogP contribution in [0.3, 0.4) is 0 Å². The number of nitrogens with one attached hydrogen (secondary N) is 1. The summed E-state index contributed by atoms with van der Waals surface area (Å²) in [5.41, 5.74) is 3.73. The number of rotatable bonds is 15. The minimum atomic E-state index is -0.452. The third-order valence-corrected chi connectivity index (χ3v) is 11.9. The lowest BCUT2D eigenvalue weighted by Crippen LogP contribution is -2.62. The van der Waals surface area contributed by atoms with Crippen LogP contribution in [0.2, 0.25) is 0 Å². The molecule has 2 aromatic rings. The summed E-state index contributed by atoms with van der Waals surface area (Å²) in [4.78, 5) is 25.2. The van der Waals surface area contributed by atoms with Crippen LogP contribution in [0.25, 0.3) is 0 Å². The summed E-state index contributed by atoms with van der Waals surface area (Å²) in [5, 5.41) is 25.8. The fourth-order valence-electron chi connectivity index (χ4n) is 9.21. The summed E-state index contributed by atoms with van der Waals surface area (Å²) in [6, 6.07) is 16.3. The molecular formula is C40H62N4O4. The van der Waals surface area contributed by atoms with Gasteiger partial charge in [-0.15, -0.1) is 0 Å². The number of aliphatic hydroxyl groups excluding tert-OH is 1. The van der Waals surface area contributed by atoms with Crippen LogP contribution in [0, 0.1) is 35.0 Å². The maximum absolute atomic E-state index is 14.1. The third kappa shape index (κ3) is 8.27. The van der Waals surface area contributed by atoms with Gasteiger partial charge >= 0.3 is 0 Å². The number of hydrogen-bond donors (Lipinski definition) is 3. The first-order chi connectivity index (χ1) is 22.8. The van der Waals surface area contributed by atoms with Crippen LogP contribution in [0.15, 0.2) is 48.5 Å². The van der Waals surface area contributed by atoms with Gasteiger partial charge in [0, 0.05) is 37.6 Å². The van der Waals surface area contributed by atoms with Gasteiger partial charge in [0.25, 0.3) is 0 Å². The largest absolute Gasteiger partial charge is 0.508 e. The number of carbonyl (C=O) groups is 1. The average molecular weight is 663 g/mol. The van der Waals surface area contributed by atoms with Crippen molar-refractivity contribution in [3.63, 3.8) is 0 Å². The summed E-state index contributed by atoms with van der Waals surface area (Å²) < 4.78 is 0. The number of hydrogen-bond acceptors (Lipinski definition) is 7. The van der Waals surface area contributed by atoms with Gasteiger partial charge in [0.1, 0.15) is 17.9 Å². The van der Waals surface area contributed by atoms with E-state index in [0.29, 0.717) is 41.7 Å². The Morgan fingerprint density at radius 2 is 1.73 bits per heavy atom. The van der Waals surface area contributed by atoms with Crippen LogP contribution in [0.4, 0.5) is 0 Å². The monoisotopic (exact) mass is 662 g/mol. The zero-order valence-electron chi connectivity index (χ0n) is 30.7. The van der Waals surface area contributed by atoms with Gasteiger partial charge in [0.05, 0.1) is 13.2 Å². The van der Waals surface area contributed by atoms with Gasteiger partial charge in [-0.1, -0.05) is 77.9 Å². The molecule has 266 valence electrons. The lowest BCUT2D eigenvalue weighted by Gasteiger charge is -2.62. The van der Waals surface area contributed by atoms with E-state index in [1.54, 1.807) is 6.07 Å². The highest BCUT2D eigenvalue weighted by molar-refractivity contribution is 5.82. The molecule has 0 aromatic heterocycles. The molecule has 3 N–H and O–H groups in total. The number of fused-ring (bicyclic) bond motifs is 2. The van der Waals surface area contributed by atoms with Crippen molar-refractivity contribution in [1.82, 2.24) is 20.2 Å². The number of aliphatic hydroxyl groups is 1. The lowest BCUT2D eigenvalue weighted by molar-refractivity contribution is -0.183. The van der Waals surface area contributed by atoms with Gasteiger partial charge in [-0.25, -0.2) is 0 Å². The van der Waals surface area contributed by atoms with Crippen molar-refractivity contribution in [2.75, 3.05) is 27.2 Å². The Labute approximate surface area is 289 Å². The van der Waals surface area contributed by atoms with Gasteiger partial charge in [-0.05, 0) is 97.7 Å². The van der Waals surface area contributed by atoms with Crippen molar-refractivity contribution in [2.24, 2.45) is 35.0 Å². The van der Waals surface area contributed by atoms with Crippen molar-refractivity contribution in [3.8, 4) is 5.75 Å². The molecule has 2 bridgehead atoms. The molecular weight excluding hydrogens is 600 g/mol. The molecule has 1 amide bonds. The Hall–Kier alpha value is -2.49. The van der Waals surface area contributed by atoms with E-state index in [1.807, 2.05) is 17.2 Å². The van der Waals surface area contributed by atoms with Crippen molar-refractivity contribution in [1.29, 1.82) is 0 Å². The first kappa shape index (κ1) is 36.8. The molecule has 48 heavy (non-hydrogen) atoms. The van der Waals surface area contributed by atoms with Crippen molar-refractivity contribution in [3.05, 3.63) is 65.2 Å². The minimum Gasteiger partial charge on any atom is -0.508 e. The van der Waals surface area contributed by atoms with E-state index in [-0.39, 0.29) is 30.2 Å². The molecule has 4 fully saturated rings. The quantitative estimate of drug-likeness (QED) is 0.214. The molecule has 4 aliphatic rings. The van der Waals surface area contributed by atoms with E-state index < -0.39 is 12.1 Å². The molecule has 0 radical (unpaired) electrons. The summed E-state index contributed by atoms with van der Waals surface area (Å²) in [6.45, 7) is 16.5. The normalized spacial score (nSPS) is 29.0. The topological polar surface area (TPSA) is 88.5 Å². The highest BCUT2D eigenvalue weighted by Gasteiger charge is 2.57. The molecule has 8 heteroatoms. The number of likely N-dealkylation sites (N-methyl/N-ethyl adjacent to an activating group) is 1. The first-order valence-electron chi connectivity index (χ1n) is 18.4. The number of amides is 1. The van der Waals surface area contributed by atoms with Gasteiger partial charge < -0.3 is 20.4 Å². The molecule has 1 aliphatic heterocycles. The Bertz CT molecular complexity index is 1350. The molecule has 0 spiro atoms. The van der Waals surface area contributed by atoms with Crippen molar-refractivity contribution in [2.45, 2.75) is 111 Å². The van der Waals surface area contributed by atoms with Crippen molar-refractivity contribution < 1.29 is 19.8 Å². The number of benzene rings is 2. The molecule has 8 nitrogen and oxygen atoms in total. The average Bonchev–Trinajstić information content (AvgIpc) is 3.38. The second kappa shape index (κ2) is 15.6. The van der Waals surface area contributed by atoms with E-state index >= 15 is 0 Å². The highest BCUT2D eigenvalue weighted by Crippen LogP contribution is 2.61. The fourth-order valence-corrected chi connectivity index (χ4v) is 9.21. The van der Waals surface area contributed by atoms with Crippen LogP contribution < -0.4 is 5.32 Å². The van der Waals surface area contributed by atoms with E-state index in [1.165, 1.54) is 12.0 Å². The summed E-state index contributed by atoms with van der Waals surface area (Å²) >= 11 is 0. The highest BCUT2D eigenvalue weighted by atomic mass is 16.7. The second-order valence-electron chi connectivity index (χ2n) is 16.4. The first-order valence-corrected chi connectivity index (χ1v) is 18.4. The maximum Gasteiger partial charge on any atom is 0.240 e. The SMILES string of the molecule is CC[C@@H]1[C@H](CO)ON(Cc2cccc(CN(Cc3cccc(O)c3)[C@@H](CC(C)C)CN(C)C)c2)[C@@H]1C(=O)N[C@H]1C[C@H]2C[C@@H]([C@@H]1C)C2(C)C. The molecule has 8 atom stereocenters. The number of nitrogens with zero attached hydrogens (tertiary/aromatic N) is 3. The van der Waals surface area contributed by atoms with Gasteiger partial charge in [0.2, 0.25) is 5.91 Å². The second-order valence-corrected chi connectivity index (χ2v) is 16.4.